The van der Waals surface area contributed by atoms with Crippen molar-refractivity contribution in [1.82, 2.24) is 0 Å². The first kappa shape index (κ1) is 21.6. The SMILES string of the molecule is ICCCCCCc1ccc2c(c1CCCCCCI)Cc1ccccc1-2. The van der Waals surface area contributed by atoms with Gasteiger partial charge in [0.05, 0.1) is 0 Å². The van der Waals surface area contributed by atoms with E-state index < -0.39 is 0 Å². The van der Waals surface area contributed by atoms with Gasteiger partial charge >= 0.3 is 0 Å². The molecular weight excluding hydrogens is 554 g/mol. The molecule has 0 saturated carbocycles. The third-order valence-electron chi connectivity index (χ3n) is 5.84. The minimum atomic E-state index is 1.15. The minimum absolute atomic E-state index is 1.15. The summed E-state index contributed by atoms with van der Waals surface area (Å²) in [5.41, 5.74) is 9.51. The van der Waals surface area contributed by atoms with Gasteiger partial charge in [0.15, 0.2) is 0 Å². The Bertz CT molecular complexity index is 720. The summed E-state index contributed by atoms with van der Waals surface area (Å²) in [4.78, 5) is 0. The molecule has 0 aromatic heterocycles. The maximum atomic E-state index is 2.50. The van der Waals surface area contributed by atoms with Crippen LogP contribution in [-0.4, -0.2) is 8.86 Å². The summed E-state index contributed by atoms with van der Waals surface area (Å²) >= 11 is 5.00. The Morgan fingerprint density at radius 1 is 0.630 bits per heavy atom. The fourth-order valence-electron chi connectivity index (χ4n) is 4.38. The fraction of sp³-hybridized carbons (Fsp3) is 0.520. The summed E-state index contributed by atoms with van der Waals surface area (Å²) in [7, 11) is 0. The number of unbranched alkanes of at least 4 members (excludes halogenated alkanes) is 6. The largest absolute Gasteiger partial charge is 0.0864 e. The second-order valence-corrected chi connectivity index (χ2v) is 9.93. The molecule has 2 heteroatoms. The standard InChI is InChI=1S/C25H32I2/c26-17-9-3-1-5-11-20-15-16-24-23-14-8-7-12-21(23)19-25(24)22(20)13-6-2-4-10-18-27/h7-8,12,14-16H,1-6,9-11,13,17-19H2. The minimum Gasteiger partial charge on any atom is -0.0864 e. The van der Waals surface area contributed by atoms with E-state index in [1.165, 1.54) is 89.8 Å². The van der Waals surface area contributed by atoms with Crippen LogP contribution in [0.4, 0.5) is 0 Å². The Balaban J connectivity index is 1.73. The van der Waals surface area contributed by atoms with Crippen molar-refractivity contribution in [3.05, 3.63) is 58.7 Å². The van der Waals surface area contributed by atoms with Crippen LogP contribution < -0.4 is 0 Å². The van der Waals surface area contributed by atoms with Gasteiger partial charge in [-0.1, -0.05) is 107 Å². The van der Waals surface area contributed by atoms with Crippen molar-refractivity contribution < 1.29 is 0 Å². The Hall–Kier alpha value is -0.100. The average molecular weight is 586 g/mol. The van der Waals surface area contributed by atoms with Gasteiger partial charge in [0.1, 0.15) is 0 Å². The molecule has 2 aromatic rings. The lowest BCUT2D eigenvalue weighted by Crippen LogP contribution is -2.01. The van der Waals surface area contributed by atoms with Gasteiger partial charge in [-0.3, -0.25) is 0 Å². The van der Waals surface area contributed by atoms with Gasteiger partial charge in [0.25, 0.3) is 0 Å². The van der Waals surface area contributed by atoms with Crippen molar-refractivity contribution in [2.24, 2.45) is 0 Å². The molecule has 0 radical (unpaired) electrons. The number of benzene rings is 2. The molecule has 0 saturated heterocycles. The topological polar surface area (TPSA) is 0 Å². The number of halogens is 2. The summed E-state index contributed by atoms with van der Waals surface area (Å²) in [6, 6.07) is 13.9. The molecule has 0 nitrogen and oxygen atoms in total. The molecule has 1 aliphatic carbocycles. The van der Waals surface area contributed by atoms with E-state index >= 15 is 0 Å². The number of hydrogen-bond donors (Lipinski definition) is 0. The molecule has 1 aliphatic rings. The van der Waals surface area contributed by atoms with Crippen molar-refractivity contribution in [2.75, 3.05) is 8.86 Å². The quantitative estimate of drug-likeness (QED) is 0.114. The number of hydrogen-bond acceptors (Lipinski definition) is 0. The van der Waals surface area contributed by atoms with Crippen LogP contribution in [0.25, 0.3) is 11.1 Å². The van der Waals surface area contributed by atoms with Crippen LogP contribution >= 0.6 is 45.2 Å². The number of aryl methyl sites for hydroxylation is 1. The highest BCUT2D eigenvalue weighted by Gasteiger charge is 2.22. The first-order valence-corrected chi connectivity index (χ1v) is 13.7. The zero-order valence-corrected chi connectivity index (χ0v) is 20.7. The molecule has 0 bridgehead atoms. The molecule has 0 unspecified atom stereocenters. The highest BCUT2D eigenvalue weighted by molar-refractivity contribution is 14.1. The van der Waals surface area contributed by atoms with Crippen molar-refractivity contribution in [2.45, 2.75) is 70.6 Å². The molecule has 0 heterocycles. The number of alkyl halides is 2. The van der Waals surface area contributed by atoms with E-state index in [0.29, 0.717) is 0 Å². The van der Waals surface area contributed by atoms with Crippen molar-refractivity contribution in [1.29, 1.82) is 0 Å². The summed E-state index contributed by atoms with van der Waals surface area (Å²) in [5, 5.41) is 0. The Morgan fingerprint density at radius 2 is 1.30 bits per heavy atom. The third kappa shape index (κ3) is 5.94. The van der Waals surface area contributed by atoms with E-state index in [1.54, 1.807) is 16.7 Å². The average Bonchev–Trinajstić information content (AvgIpc) is 3.07. The molecular formula is C25H32I2. The van der Waals surface area contributed by atoms with Crippen LogP contribution in [-0.2, 0) is 19.3 Å². The molecule has 0 N–H and O–H groups in total. The highest BCUT2D eigenvalue weighted by Crippen LogP contribution is 2.40. The molecule has 3 rings (SSSR count). The Morgan fingerprint density at radius 3 is 2.04 bits per heavy atom. The summed E-state index contributed by atoms with van der Waals surface area (Å²) in [6.45, 7) is 0. The first-order chi connectivity index (χ1) is 13.3. The van der Waals surface area contributed by atoms with Gasteiger partial charge in [-0.05, 0) is 87.2 Å². The lowest BCUT2D eigenvalue weighted by Gasteiger charge is -2.15. The predicted molar refractivity (Wildman–Crippen MR) is 137 cm³/mol. The lowest BCUT2D eigenvalue weighted by molar-refractivity contribution is 0.654. The molecule has 0 fully saturated rings. The van der Waals surface area contributed by atoms with E-state index in [4.69, 9.17) is 0 Å². The second kappa shape index (κ2) is 11.8. The van der Waals surface area contributed by atoms with Crippen LogP contribution in [0.5, 0.6) is 0 Å². The second-order valence-electron chi connectivity index (χ2n) is 7.77. The first-order valence-electron chi connectivity index (χ1n) is 10.7. The van der Waals surface area contributed by atoms with E-state index in [0.717, 1.165) is 6.42 Å². The van der Waals surface area contributed by atoms with E-state index in [-0.39, 0.29) is 0 Å². The maximum Gasteiger partial charge on any atom is -0.000473 e. The van der Waals surface area contributed by atoms with Gasteiger partial charge < -0.3 is 0 Å². The van der Waals surface area contributed by atoms with Crippen LogP contribution in [0.3, 0.4) is 0 Å². The van der Waals surface area contributed by atoms with Gasteiger partial charge in [-0.15, -0.1) is 0 Å². The third-order valence-corrected chi connectivity index (χ3v) is 7.37. The number of fused-ring (bicyclic) bond motifs is 3. The summed E-state index contributed by atoms with van der Waals surface area (Å²) < 4.78 is 2.60. The molecule has 0 spiro atoms. The molecule has 146 valence electrons. The summed E-state index contributed by atoms with van der Waals surface area (Å²) in [5.74, 6) is 0. The van der Waals surface area contributed by atoms with Crippen LogP contribution in [0.2, 0.25) is 0 Å². The van der Waals surface area contributed by atoms with E-state index in [1.807, 2.05) is 0 Å². The fourth-order valence-corrected chi connectivity index (χ4v) is 5.46. The zero-order valence-electron chi connectivity index (χ0n) is 16.4. The van der Waals surface area contributed by atoms with Crippen LogP contribution in [0, 0.1) is 0 Å². The van der Waals surface area contributed by atoms with Gasteiger partial charge in [0.2, 0.25) is 0 Å². The van der Waals surface area contributed by atoms with E-state index in [9.17, 15) is 0 Å². The van der Waals surface area contributed by atoms with Crippen molar-refractivity contribution >= 4 is 45.2 Å². The normalized spacial score (nSPS) is 12.2. The molecule has 0 atom stereocenters. The van der Waals surface area contributed by atoms with Gasteiger partial charge in [0, 0.05) is 0 Å². The molecule has 2 aromatic carbocycles. The lowest BCUT2D eigenvalue weighted by atomic mass is 9.90. The molecule has 0 aliphatic heterocycles. The smallest absolute Gasteiger partial charge is 0.000473 e. The summed E-state index contributed by atoms with van der Waals surface area (Å²) in [6.07, 6.45) is 14.7. The number of rotatable bonds is 12. The zero-order chi connectivity index (χ0) is 18.9. The van der Waals surface area contributed by atoms with Crippen LogP contribution in [0.15, 0.2) is 36.4 Å². The predicted octanol–water partition coefficient (Wildman–Crippen LogP) is 8.33. The van der Waals surface area contributed by atoms with Gasteiger partial charge in [-0.2, -0.15) is 0 Å². The van der Waals surface area contributed by atoms with Crippen molar-refractivity contribution in [3.8, 4) is 11.1 Å². The highest BCUT2D eigenvalue weighted by atomic mass is 127. The Kier molecular flexibility index (Phi) is 9.44. The monoisotopic (exact) mass is 586 g/mol. The Labute approximate surface area is 193 Å². The van der Waals surface area contributed by atoms with Gasteiger partial charge in [-0.25, -0.2) is 0 Å². The van der Waals surface area contributed by atoms with E-state index in [2.05, 4.69) is 81.6 Å². The molecule has 0 amide bonds. The van der Waals surface area contributed by atoms with Crippen molar-refractivity contribution in [3.63, 3.8) is 0 Å². The van der Waals surface area contributed by atoms with Crippen LogP contribution in [0.1, 0.15) is 73.6 Å². The maximum absolute atomic E-state index is 2.50. The molecule has 27 heavy (non-hydrogen) atoms.